The van der Waals surface area contributed by atoms with Gasteiger partial charge < -0.3 is 10.1 Å². The fourth-order valence-corrected chi connectivity index (χ4v) is 4.80. The van der Waals surface area contributed by atoms with Gasteiger partial charge in [-0.1, -0.05) is 12.1 Å². The topological polar surface area (TPSA) is 110 Å². The third-order valence-electron chi connectivity index (χ3n) is 4.13. The number of hydrogen-bond acceptors (Lipinski definition) is 7. The van der Waals surface area contributed by atoms with E-state index in [2.05, 4.69) is 5.32 Å². The monoisotopic (exact) mass is 422 g/mol. The van der Waals surface area contributed by atoms with Crippen molar-refractivity contribution in [2.45, 2.75) is 12.5 Å². The number of ether oxygens (including phenoxy) is 1. The number of methoxy groups -OCH3 is 1. The van der Waals surface area contributed by atoms with Crippen LogP contribution < -0.4 is 10.1 Å². The van der Waals surface area contributed by atoms with Gasteiger partial charge in [-0.3, -0.25) is 19.3 Å². The molecule has 0 spiro atoms. The number of nitrogens with zero attached hydrogens (tertiary/aromatic N) is 1. The Balaban J connectivity index is 1.57. The second kappa shape index (κ2) is 8.19. The molecule has 0 saturated carbocycles. The minimum Gasteiger partial charge on any atom is -0.497 e. The van der Waals surface area contributed by atoms with Gasteiger partial charge in [-0.2, -0.15) is 0 Å². The van der Waals surface area contributed by atoms with Crippen molar-refractivity contribution in [3.63, 3.8) is 0 Å². The van der Waals surface area contributed by atoms with Gasteiger partial charge in [0.15, 0.2) is 9.84 Å². The summed E-state index contributed by atoms with van der Waals surface area (Å²) < 4.78 is 27.8. The smallest absolute Gasteiger partial charge is 0.293 e. The Kier molecular flexibility index (Phi) is 5.90. The summed E-state index contributed by atoms with van der Waals surface area (Å²) in [6, 6.07) is 6.45. The van der Waals surface area contributed by atoms with Crippen LogP contribution in [0.1, 0.15) is 12.0 Å². The van der Waals surface area contributed by atoms with Gasteiger partial charge in [-0.25, -0.2) is 8.42 Å². The van der Waals surface area contributed by atoms with Crippen LogP contribution in [0.25, 0.3) is 6.08 Å². The van der Waals surface area contributed by atoms with Crippen LogP contribution in [0.15, 0.2) is 40.7 Å². The molecular formula is C18H18N2O6S2. The van der Waals surface area contributed by atoms with Crippen LogP contribution in [0.2, 0.25) is 0 Å². The average molecular weight is 422 g/mol. The van der Waals surface area contributed by atoms with Gasteiger partial charge in [0.25, 0.3) is 11.1 Å². The van der Waals surface area contributed by atoms with E-state index >= 15 is 0 Å². The number of nitrogens with one attached hydrogen (secondary N) is 1. The Morgan fingerprint density at radius 1 is 1.32 bits per heavy atom. The van der Waals surface area contributed by atoms with Crippen LogP contribution >= 0.6 is 11.8 Å². The maximum Gasteiger partial charge on any atom is 0.293 e. The van der Waals surface area contributed by atoms with Crippen LogP contribution in [0, 0.1) is 0 Å². The molecule has 148 valence electrons. The van der Waals surface area contributed by atoms with E-state index in [1.807, 2.05) is 0 Å². The van der Waals surface area contributed by atoms with Gasteiger partial charge in [0.2, 0.25) is 5.91 Å². The molecule has 10 heteroatoms. The summed E-state index contributed by atoms with van der Waals surface area (Å²) in [4.78, 5) is 37.9. The van der Waals surface area contributed by atoms with Crippen molar-refractivity contribution >= 4 is 44.7 Å². The Bertz CT molecular complexity index is 966. The Hall–Kier alpha value is -2.59. The molecule has 3 rings (SSSR count). The number of sulfone groups is 1. The predicted molar refractivity (Wildman–Crippen MR) is 105 cm³/mol. The molecule has 8 nitrogen and oxygen atoms in total. The zero-order valence-electron chi connectivity index (χ0n) is 15.0. The summed E-state index contributed by atoms with van der Waals surface area (Å²) >= 11 is 0.816. The van der Waals surface area contributed by atoms with Crippen LogP contribution in [-0.2, 0) is 19.4 Å². The maximum absolute atomic E-state index is 12.5. The number of benzene rings is 1. The van der Waals surface area contributed by atoms with Crippen LogP contribution in [-0.4, -0.2) is 55.8 Å². The van der Waals surface area contributed by atoms with E-state index in [0.717, 1.165) is 27.6 Å². The minimum atomic E-state index is -3.26. The molecule has 0 unspecified atom stereocenters. The molecule has 2 aliphatic heterocycles. The van der Waals surface area contributed by atoms with Crippen molar-refractivity contribution in [3.05, 3.63) is 46.2 Å². The molecule has 1 aromatic rings. The molecule has 1 atom stereocenters. The molecule has 0 bridgehead atoms. The van der Waals surface area contributed by atoms with Gasteiger partial charge in [-0.15, -0.1) is 0 Å². The molecule has 1 N–H and O–H groups in total. The number of imide groups is 1. The predicted octanol–water partition coefficient (Wildman–Crippen LogP) is 1.55. The molecule has 2 heterocycles. The summed E-state index contributed by atoms with van der Waals surface area (Å²) in [6.45, 7) is -0.0698. The molecule has 3 amide bonds. The number of amides is 3. The van der Waals surface area contributed by atoms with Crippen molar-refractivity contribution in [2.24, 2.45) is 0 Å². The lowest BCUT2D eigenvalue weighted by molar-refractivity contribution is -0.124. The molecule has 0 radical (unpaired) electrons. The number of carbonyl (C=O) groups is 3. The second-order valence-corrected chi connectivity index (χ2v) is 9.11. The first kappa shape index (κ1) is 20.2. The van der Waals surface area contributed by atoms with E-state index in [0.29, 0.717) is 5.75 Å². The van der Waals surface area contributed by atoms with Crippen molar-refractivity contribution in [1.82, 2.24) is 10.2 Å². The second-order valence-electron chi connectivity index (χ2n) is 6.19. The largest absolute Gasteiger partial charge is 0.497 e. The average Bonchev–Trinajstić information content (AvgIpc) is 3.12. The molecule has 0 aromatic heterocycles. The van der Waals surface area contributed by atoms with E-state index < -0.39 is 32.9 Å². The minimum absolute atomic E-state index is 0.0698. The SMILES string of the molecule is COc1ccc(/C=C2/SC(=O)N(CCC(=O)N[C@@H]3C=CS(=O)(=O)C3)C2=O)cc1. The van der Waals surface area contributed by atoms with Gasteiger partial charge >= 0.3 is 0 Å². The van der Waals surface area contributed by atoms with E-state index in [9.17, 15) is 22.8 Å². The third kappa shape index (κ3) is 4.82. The van der Waals surface area contributed by atoms with Crippen LogP contribution in [0.3, 0.4) is 0 Å². The lowest BCUT2D eigenvalue weighted by Crippen LogP contribution is -2.38. The molecule has 28 heavy (non-hydrogen) atoms. The highest BCUT2D eigenvalue weighted by Gasteiger charge is 2.35. The van der Waals surface area contributed by atoms with Gasteiger partial charge in [-0.05, 0) is 41.6 Å². The molecule has 0 aliphatic carbocycles. The zero-order valence-corrected chi connectivity index (χ0v) is 16.6. The lowest BCUT2D eigenvalue weighted by atomic mass is 10.2. The highest BCUT2D eigenvalue weighted by atomic mass is 32.2. The summed E-state index contributed by atoms with van der Waals surface area (Å²) in [5, 5.41) is 3.19. The maximum atomic E-state index is 12.5. The highest BCUT2D eigenvalue weighted by molar-refractivity contribution is 8.18. The first-order chi connectivity index (χ1) is 13.3. The Morgan fingerprint density at radius 3 is 2.64 bits per heavy atom. The van der Waals surface area contributed by atoms with Crippen LogP contribution in [0.5, 0.6) is 5.75 Å². The number of rotatable bonds is 6. The first-order valence-corrected chi connectivity index (χ1v) is 10.9. The summed E-state index contributed by atoms with van der Waals surface area (Å²) in [6.07, 6.45) is 2.92. The molecule has 1 aromatic carbocycles. The highest BCUT2D eigenvalue weighted by Crippen LogP contribution is 2.32. The van der Waals surface area contributed by atoms with Crippen molar-refractivity contribution in [1.29, 1.82) is 0 Å². The molecule has 1 saturated heterocycles. The first-order valence-electron chi connectivity index (χ1n) is 8.37. The molecule has 1 fully saturated rings. The van der Waals surface area contributed by atoms with Crippen molar-refractivity contribution in [3.8, 4) is 5.75 Å². The number of thioether (sulfide) groups is 1. The van der Waals surface area contributed by atoms with Crippen molar-refractivity contribution < 1.29 is 27.5 Å². The molecule has 2 aliphatic rings. The van der Waals surface area contributed by atoms with Gasteiger partial charge in [0.1, 0.15) is 5.75 Å². The summed E-state index contributed by atoms with van der Waals surface area (Å²) in [5.41, 5.74) is 0.748. The summed E-state index contributed by atoms with van der Waals surface area (Å²) in [5.74, 6) is -0.377. The normalized spacial score (nSPS) is 22.1. The standard InChI is InChI=1S/C18H18N2O6S2/c1-26-14-4-2-12(3-5-14)10-15-17(22)20(18(23)27-15)8-6-16(21)19-13-7-9-28(24,25)11-13/h2-5,7,9-10,13H,6,8,11H2,1H3,(H,19,21)/b15-10+/t13-/m1/s1. The Morgan fingerprint density at radius 2 is 2.04 bits per heavy atom. The Labute approximate surface area is 166 Å². The van der Waals surface area contributed by atoms with Crippen molar-refractivity contribution in [2.75, 3.05) is 19.4 Å². The van der Waals surface area contributed by atoms with E-state index in [4.69, 9.17) is 4.74 Å². The van der Waals surface area contributed by atoms with Gasteiger partial charge in [0, 0.05) is 18.4 Å². The number of hydrogen-bond donors (Lipinski definition) is 1. The van der Waals surface area contributed by atoms with E-state index in [-0.39, 0.29) is 23.6 Å². The fourth-order valence-electron chi connectivity index (χ4n) is 2.70. The van der Waals surface area contributed by atoms with E-state index in [1.54, 1.807) is 37.5 Å². The lowest BCUT2D eigenvalue weighted by Gasteiger charge is -2.14. The van der Waals surface area contributed by atoms with Crippen LogP contribution in [0.4, 0.5) is 4.79 Å². The zero-order chi connectivity index (χ0) is 20.3. The third-order valence-corrected chi connectivity index (χ3v) is 6.43. The molecular weight excluding hydrogens is 404 g/mol. The fraction of sp³-hybridized carbons (Fsp3) is 0.278. The van der Waals surface area contributed by atoms with Gasteiger partial charge in [0.05, 0.1) is 23.8 Å². The number of carbonyl (C=O) groups excluding carboxylic acids is 3. The van der Waals surface area contributed by atoms with E-state index in [1.165, 1.54) is 6.08 Å². The summed E-state index contributed by atoms with van der Waals surface area (Å²) in [7, 11) is -1.71. The quantitative estimate of drug-likeness (QED) is 0.693.